The second-order valence-corrected chi connectivity index (χ2v) is 2.90. The maximum absolute atomic E-state index is 7.26. The topological polar surface area (TPSA) is 97.8 Å². The van der Waals surface area contributed by atoms with Crippen molar-refractivity contribution in [2.45, 2.75) is 32.6 Å². The molecule has 0 amide bonds. The molecule has 0 unspecified atom stereocenters. The average Bonchev–Trinajstić information content (AvgIpc) is 2.02. The number of guanidine groups is 2. The van der Waals surface area contributed by atoms with E-state index in [-0.39, 0.29) is 36.7 Å². The molecular formula is C8H21Cl2N5. The Bertz CT molecular complexity index is 174. The van der Waals surface area contributed by atoms with Crippen LogP contribution in [0.25, 0.3) is 0 Å². The van der Waals surface area contributed by atoms with Gasteiger partial charge in [0.25, 0.3) is 0 Å². The lowest BCUT2D eigenvalue weighted by atomic mass is 10.2. The number of unbranched alkanes of at least 4 members (excludes halogenated alkanes) is 3. The predicted octanol–water partition coefficient (Wildman–Crippen LogP) is 1.42. The second kappa shape index (κ2) is 13.3. The third-order valence-electron chi connectivity index (χ3n) is 1.59. The summed E-state index contributed by atoms with van der Waals surface area (Å²) in [5.41, 5.74) is 5.04. The molecule has 0 radical (unpaired) electrons. The van der Waals surface area contributed by atoms with E-state index in [0.717, 1.165) is 13.0 Å². The van der Waals surface area contributed by atoms with Gasteiger partial charge in [-0.15, -0.1) is 24.8 Å². The van der Waals surface area contributed by atoms with Crippen molar-refractivity contribution >= 4 is 36.7 Å². The van der Waals surface area contributed by atoms with Crippen LogP contribution in [0.3, 0.4) is 0 Å². The minimum atomic E-state index is -0.203. The first-order chi connectivity index (χ1) is 6.16. The Kier molecular flexibility index (Phi) is 17.6. The van der Waals surface area contributed by atoms with E-state index in [9.17, 15) is 0 Å². The molecule has 0 aliphatic heterocycles. The highest BCUT2D eigenvalue weighted by Crippen LogP contribution is 1.96. The van der Waals surface area contributed by atoms with Crippen LogP contribution < -0.4 is 16.4 Å². The molecule has 0 bridgehead atoms. The number of nitrogens with two attached hydrogens (primary N) is 1. The summed E-state index contributed by atoms with van der Waals surface area (Å²) in [7, 11) is 0. The van der Waals surface area contributed by atoms with E-state index in [1.807, 2.05) is 0 Å². The van der Waals surface area contributed by atoms with Gasteiger partial charge in [-0.25, -0.2) is 0 Å². The monoisotopic (exact) mass is 257 g/mol. The van der Waals surface area contributed by atoms with E-state index in [2.05, 4.69) is 17.6 Å². The van der Waals surface area contributed by atoms with Crippen molar-refractivity contribution in [1.82, 2.24) is 10.6 Å². The molecule has 0 heterocycles. The van der Waals surface area contributed by atoms with Crippen LogP contribution in [0.1, 0.15) is 32.6 Å². The van der Waals surface area contributed by atoms with Crippen LogP contribution in [-0.2, 0) is 0 Å². The summed E-state index contributed by atoms with van der Waals surface area (Å²) in [6.07, 6.45) is 4.67. The van der Waals surface area contributed by atoms with Crippen LogP contribution in [-0.4, -0.2) is 18.5 Å². The highest BCUT2D eigenvalue weighted by Gasteiger charge is 1.94. The highest BCUT2D eigenvalue weighted by molar-refractivity contribution is 5.94. The van der Waals surface area contributed by atoms with Crippen LogP contribution in [0.4, 0.5) is 0 Å². The Balaban J connectivity index is -0.000000720. The third kappa shape index (κ3) is 16.0. The van der Waals surface area contributed by atoms with Crippen molar-refractivity contribution in [1.29, 1.82) is 10.8 Å². The SMILES string of the molecule is CCCCCCNC(=N)NC(=N)N.Cl.Cl. The smallest absolute Gasteiger partial charge is 0.195 e. The molecule has 0 saturated carbocycles. The fraction of sp³-hybridized carbons (Fsp3) is 0.750. The fourth-order valence-electron chi connectivity index (χ4n) is 0.944. The molecule has 0 aliphatic rings. The maximum atomic E-state index is 7.26. The molecule has 0 spiro atoms. The number of hydrogen-bond donors (Lipinski definition) is 5. The summed E-state index contributed by atoms with van der Waals surface area (Å²) in [6, 6.07) is 0. The van der Waals surface area contributed by atoms with E-state index < -0.39 is 0 Å². The molecule has 6 N–H and O–H groups in total. The van der Waals surface area contributed by atoms with Crippen molar-refractivity contribution in [2.24, 2.45) is 5.73 Å². The van der Waals surface area contributed by atoms with Gasteiger partial charge in [-0.3, -0.25) is 16.1 Å². The Hall–Kier alpha value is -0.680. The van der Waals surface area contributed by atoms with Gasteiger partial charge in [0.15, 0.2) is 11.9 Å². The molecule has 0 aromatic rings. The number of halogens is 2. The Morgan fingerprint density at radius 1 is 1.13 bits per heavy atom. The van der Waals surface area contributed by atoms with Gasteiger partial charge >= 0.3 is 0 Å². The zero-order chi connectivity index (χ0) is 10.1. The zero-order valence-electron chi connectivity index (χ0n) is 8.93. The Morgan fingerprint density at radius 3 is 2.20 bits per heavy atom. The van der Waals surface area contributed by atoms with Crippen LogP contribution in [0, 0.1) is 10.8 Å². The van der Waals surface area contributed by atoms with E-state index in [0.29, 0.717) is 0 Å². The van der Waals surface area contributed by atoms with Gasteiger partial charge in [-0.1, -0.05) is 26.2 Å². The van der Waals surface area contributed by atoms with Crippen molar-refractivity contribution in [2.75, 3.05) is 6.54 Å². The molecule has 0 saturated heterocycles. The standard InChI is InChI=1S/C8H19N5.2ClH/c1-2-3-4-5-6-12-8(11)13-7(9)10;;/h2-6H2,1H3,(H6,9,10,11,12,13);2*1H. The van der Waals surface area contributed by atoms with Gasteiger partial charge in [-0.05, 0) is 6.42 Å². The normalized spacial score (nSPS) is 8.07. The van der Waals surface area contributed by atoms with Crippen LogP contribution >= 0.6 is 24.8 Å². The predicted molar refractivity (Wildman–Crippen MR) is 69.4 cm³/mol. The number of hydrogen-bond acceptors (Lipinski definition) is 2. The van der Waals surface area contributed by atoms with Crippen LogP contribution in [0.2, 0.25) is 0 Å². The summed E-state index contributed by atoms with van der Waals surface area (Å²) >= 11 is 0. The molecular weight excluding hydrogens is 237 g/mol. The van der Waals surface area contributed by atoms with Gasteiger partial charge in [-0.2, -0.15) is 0 Å². The Morgan fingerprint density at radius 2 is 1.73 bits per heavy atom. The minimum absolute atomic E-state index is 0. The van der Waals surface area contributed by atoms with Crippen molar-refractivity contribution in [3.8, 4) is 0 Å². The largest absolute Gasteiger partial charge is 0.370 e. The molecule has 0 aromatic carbocycles. The van der Waals surface area contributed by atoms with Gasteiger partial charge in [0.1, 0.15) is 0 Å². The first kappa shape index (κ1) is 19.8. The van der Waals surface area contributed by atoms with Crippen LogP contribution in [0.5, 0.6) is 0 Å². The van der Waals surface area contributed by atoms with Crippen LogP contribution in [0.15, 0.2) is 0 Å². The number of rotatable bonds is 5. The maximum Gasteiger partial charge on any atom is 0.195 e. The van der Waals surface area contributed by atoms with Crippen molar-refractivity contribution in [3.05, 3.63) is 0 Å². The second-order valence-electron chi connectivity index (χ2n) is 2.90. The molecule has 92 valence electrons. The van der Waals surface area contributed by atoms with Crippen molar-refractivity contribution < 1.29 is 0 Å². The summed E-state index contributed by atoms with van der Waals surface area (Å²) in [5.74, 6) is -0.102. The van der Waals surface area contributed by atoms with E-state index in [1.54, 1.807) is 0 Å². The lowest BCUT2D eigenvalue weighted by Crippen LogP contribution is -2.43. The first-order valence-electron chi connectivity index (χ1n) is 4.60. The average molecular weight is 258 g/mol. The van der Waals surface area contributed by atoms with Gasteiger partial charge in [0.2, 0.25) is 0 Å². The fourth-order valence-corrected chi connectivity index (χ4v) is 0.944. The van der Waals surface area contributed by atoms with E-state index in [4.69, 9.17) is 16.6 Å². The third-order valence-corrected chi connectivity index (χ3v) is 1.59. The molecule has 0 fully saturated rings. The zero-order valence-corrected chi connectivity index (χ0v) is 10.6. The lowest BCUT2D eigenvalue weighted by molar-refractivity contribution is 0.650. The quantitative estimate of drug-likeness (QED) is 0.293. The summed E-state index contributed by atoms with van der Waals surface area (Å²) in [6.45, 7) is 2.92. The minimum Gasteiger partial charge on any atom is -0.370 e. The molecule has 0 aromatic heterocycles. The summed E-state index contributed by atoms with van der Waals surface area (Å²) < 4.78 is 0. The highest BCUT2D eigenvalue weighted by atomic mass is 35.5. The molecule has 5 nitrogen and oxygen atoms in total. The van der Waals surface area contributed by atoms with E-state index >= 15 is 0 Å². The molecule has 0 atom stereocenters. The van der Waals surface area contributed by atoms with Gasteiger partial charge in [0.05, 0.1) is 0 Å². The van der Waals surface area contributed by atoms with Gasteiger partial charge in [0, 0.05) is 6.54 Å². The lowest BCUT2D eigenvalue weighted by Gasteiger charge is -2.07. The molecule has 0 rings (SSSR count). The molecule has 15 heavy (non-hydrogen) atoms. The summed E-state index contributed by atoms with van der Waals surface area (Å²) in [4.78, 5) is 0. The Labute approximate surface area is 103 Å². The van der Waals surface area contributed by atoms with Gasteiger partial charge < -0.3 is 11.1 Å². The number of nitrogens with one attached hydrogen (secondary N) is 4. The first-order valence-corrected chi connectivity index (χ1v) is 4.60. The van der Waals surface area contributed by atoms with Crippen molar-refractivity contribution in [3.63, 3.8) is 0 Å². The molecule has 0 aliphatic carbocycles. The summed E-state index contributed by atoms with van der Waals surface area (Å²) in [5, 5.41) is 19.3. The van der Waals surface area contributed by atoms with E-state index in [1.165, 1.54) is 19.3 Å². The molecule has 7 heteroatoms.